The van der Waals surface area contributed by atoms with Crippen molar-refractivity contribution in [1.82, 2.24) is 0 Å². The van der Waals surface area contributed by atoms with Gasteiger partial charge in [-0.25, -0.2) is 0 Å². The fourth-order valence-electron chi connectivity index (χ4n) is 1.62. The summed E-state index contributed by atoms with van der Waals surface area (Å²) in [6, 6.07) is 9.45. The first-order valence-corrected chi connectivity index (χ1v) is 4.36. The Morgan fingerprint density at radius 2 is 1.62 bits per heavy atom. The Morgan fingerprint density at radius 3 is 2.31 bits per heavy atom. The lowest BCUT2D eigenvalue weighted by Gasteiger charge is -2.05. The van der Waals surface area contributed by atoms with Crippen LogP contribution in [0.2, 0.25) is 0 Å². The first kappa shape index (κ1) is 8.11. The molecule has 2 aromatic rings. The molecule has 0 amide bonds. The predicted octanol–water partition coefficient (Wildman–Crippen LogP) is 3.60. The molecule has 0 saturated heterocycles. The molecule has 0 fully saturated rings. The highest BCUT2D eigenvalue weighted by atomic mass is 16.3. The minimum Gasteiger partial charge on any atom is -0.289 e. The molecule has 1 radical (unpaired) electrons. The van der Waals surface area contributed by atoms with Gasteiger partial charge in [-0.1, -0.05) is 24.3 Å². The number of rotatable bonds is 0. The third-order valence-corrected chi connectivity index (χ3v) is 2.54. The standard InChI is InChI=1S/C12H11O/c1-8-7-12(13)11-6-4-3-5-10(11)9(8)2/h3-7H,1-2H3. The third-order valence-electron chi connectivity index (χ3n) is 2.54. The molecular formula is C12H11O. The molecule has 0 aliphatic rings. The predicted molar refractivity (Wildman–Crippen MR) is 53.6 cm³/mol. The molecule has 1 heteroatoms. The Balaban J connectivity index is 2.97. The van der Waals surface area contributed by atoms with E-state index in [1.807, 2.05) is 31.2 Å². The van der Waals surface area contributed by atoms with Crippen LogP contribution in [0.1, 0.15) is 11.1 Å². The SMILES string of the molecule is Cc1cc([O])c2ccccc2c1C. The molecule has 0 heterocycles. The quantitative estimate of drug-likeness (QED) is 0.577. The zero-order valence-electron chi connectivity index (χ0n) is 7.79. The summed E-state index contributed by atoms with van der Waals surface area (Å²) in [4.78, 5) is 0. The van der Waals surface area contributed by atoms with Gasteiger partial charge in [0.15, 0.2) is 5.75 Å². The van der Waals surface area contributed by atoms with Crippen LogP contribution >= 0.6 is 0 Å². The highest BCUT2D eigenvalue weighted by molar-refractivity contribution is 5.91. The number of benzene rings is 2. The van der Waals surface area contributed by atoms with Crippen LogP contribution in [-0.2, 0) is 5.11 Å². The van der Waals surface area contributed by atoms with Gasteiger partial charge >= 0.3 is 0 Å². The number of hydrogen-bond acceptors (Lipinski definition) is 0. The molecule has 0 aliphatic carbocycles. The maximum atomic E-state index is 11.6. The molecule has 2 aromatic carbocycles. The van der Waals surface area contributed by atoms with Crippen molar-refractivity contribution in [2.24, 2.45) is 0 Å². The molecule has 1 nitrogen and oxygen atoms in total. The molecule has 0 atom stereocenters. The van der Waals surface area contributed by atoms with Crippen molar-refractivity contribution in [1.29, 1.82) is 0 Å². The Morgan fingerprint density at radius 1 is 1.00 bits per heavy atom. The summed E-state index contributed by atoms with van der Waals surface area (Å²) in [6.45, 7) is 4.03. The van der Waals surface area contributed by atoms with E-state index in [-0.39, 0.29) is 5.75 Å². The van der Waals surface area contributed by atoms with Gasteiger partial charge in [-0.05, 0) is 36.4 Å². The molecule has 0 saturated carbocycles. The lowest BCUT2D eigenvalue weighted by atomic mass is 10.0. The van der Waals surface area contributed by atoms with Gasteiger partial charge in [0.05, 0.1) is 0 Å². The van der Waals surface area contributed by atoms with Crippen molar-refractivity contribution in [3.8, 4) is 5.75 Å². The van der Waals surface area contributed by atoms with E-state index in [9.17, 15) is 5.11 Å². The van der Waals surface area contributed by atoms with Crippen molar-refractivity contribution >= 4 is 10.8 Å². The molecule has 2 rings (SSSR count). The van der Waals surface area contributed by atoms with Gasteiger partial charge in [0, 0.05) is 5.39 Å². The van der Waals surface area contributed by atoms with E-state index in [1.165, 1.54) is 5.56 Å². The number of hydrogen-bond donors (Lipinski definition) is 0. The third kappa shape index (κ3) is 1.17. The van der Waals surface area contributed by atoms with Crippen molar-refractivity contribution < 1.29 is 5.11 Å². The molecule has 13 heavy (non-hydrogen) atoms. The van der Waals surface area contributed by atoms with E-state index in [1.54, 1.807) is 6.07 Å². The molecule has 0 unspecified atom stereocenters. The van der Waals surface area contributed by atoms with E-state index in [2.05, 4.69) is 6.92 Å². The second-order valence-corrected chi connectivity index (χ2v) is 3.36. The minimum atomic E-state index is 0.124. The summed E-state index contributed by atoms with van der Waals surface area (Å²) in [7, 11) is 0. The normalized spacial score (nSPS) is 10.6. The highest BCUT2D eigenvalue weighted by Gasteiger charge is 2.05. The van der Waals surface area contributed by atoms with E-state index in [4.69, 9.17) is 0 Å². The van der Waals surface area contributed by atoms with E-state index in [0.717, 1.165) is 16.3 Å². The van der Waals surface area contributed by atoms with E-state index < -0.39 is 0 Å². The van der Waals surface area contributed by atoms with Gasteiger partial charge in [0.25, 0.3) is 0 Å². The first-order chi connectivity index (χ1) is 6.20. The summed E-state index contributed by atoms with van der Waals surface area (Å²) in [5, 5.41) is 13.5. The van der Waals surface area contributed by atoms with Crippen LogP contribution in [0, 0.1) is 13.8 Å². The zero-order chi connectivity index (χ0) is 9.42. The molecule has 0 aliphatic heterocycles. The second kappa shape index (κ2) is 2.77. The lowest BCUT2D eigenvalue weighted by Crippen LogP contribution is -1.83. The van der Waals surface area contributed by atoms with Gasteiger partial charge in [-0.3, -0.25) is 5.11 Å². The van der Waals surface area contributed by atoms with Crippen LogP contribution < -0.4 is 0 Å². The van der Waals surface area contributed by atoms with Crippen LogP contribution in [0.3, 0.4) is 0 Å². The summed E-state index contributed by atoms with van der Waals surface area (Å²) >= 11 is 0. The van der Waals surface area contributed by atoms with E-state index >= 15 is 0 Å². The average molecular weight is 171 g/mol. The minimum absolute atomic E-state index is 0.124. The van der Waals surface area contributed by atoms with Crippen LogP contribution in [0.25, 0.3) is 10.8 Å². The smallest absolute Gasteiger partial charge is 0.186 e. The van der Waals surface area contributed by atoms with Gasteiger partial charge in [0.1, 0.15) is 0 Å². The first-order valence-electron chi connectivity index (χ1n) is 4.36. The molecule has 0 aromatic heterocycles. The second-order valence-electron chi connectivity index (χ2n) is 3.36. The van der Waals surface area contributed by atoms with Gasteiger partial charge in [-0.15, -0.1) is 0 Å². The molecular weight excluding hydrogens is 160 g/mol. The molecule has 0 bridgehead atoms. The Bertz CT molecular complexity index is 458. The van der Waals surface area contributed by atoms with Crippen LogP contribution in [0.4, 0.5) is 0 Å². The molecule has 0 spiro atoms. The maximum absolute atomic E-state index is 11.6. The summed E-state index contributed by atoms with van der Waals surface area (Å²) in [5.74, 6) is 0.124. The molecule has 0 N–H and O–H groups in total. The maximum Gasteiger partial charge on any atom is 0.186 e. The van der Waals surface area contributed by atoms with Crippen LogP contribution in [0.5, 0.6) is 5.75 Å². The Labute approximate surface area is 77.6 Å². The lowest BCUT2D eigenvalue weighted by molar-refractivity contribution is 0.360. The summed E-state index contributed by atoms with van der Waals surface area (Å²) in [6.07, 6.45) is 0. The Kier molecular flexibility index (Phi) is 1.73. The zero-order valence-corrected chi connectivity index (χ0v) is 7.79. The average Bonchev–Trinajstić information content (AvgIpc) is 2.15. The van der Waals surface area contributed by atoms with Gasteiger partial charge in [0.2, 0.25) is 0 Å². The largest absolute Gasteiger partial charge is 0.289 e. The van der Waals surface area contributed by atoms with Crippen LogP contribution in [-0.4, -0.2) is 0 Å². The fourth-order valence-corrected chi connectivity index (χ4v) is 1.62. The summed E-state index contributed by atoms with van der Waals surface area (Å²) < 4.78 is 0. The van der Waals surface area contributed by atoms with Crippen molar-refractivity contribution in [2.45, 2.75) is 13.8 Å². The number of aryl methyl sites for hydroxylation is 2. The number of fused-ring (bicyclic) bond motifs is 1. The topological polar surface area (TPSA) is 19.9 Å². The van der Waals surface area contributed by atoms with Crippen molar-refractivity contribution in [2.75, 3.05) is 0 Å². The fraction of sp³-hybridized carbons (Fsp3) is 0.167. The van der Waals surface area contributed by atoms with Crippen LogP contribution in [0.15, 0.2) is 30.3 Å². The van der Waals surface area contributed by atoms with Crippen molar-refractivity contribution in [3.05, 3.63) is 41.5 Å². The Hall–Kier alpha value is -1.50. The van der Waals surface area contributed by atoms with Gasteiger partial charge < -0.3 is 0 Å². The van der Waals surface area contributed by atoms with E-state index in [0.29, 0.717) is 0 Å². The van der Waals surface area contributed by atoms with Gasteiger partial charge in [-0.2, -0.15) is 0 Å². The highest BCUT2D eigenvalue weighted by Crippen LogP contribution is 2.29. The molecule has 65 valence electrons. The monoisotopic (exact) mass is 171 g/mol. The van der Waals surface area contributed by atoms with Crippen molar-refractivity contribution in [3.63, 3.8) is 0 Å². The summed E-state index contributed by atoms with van der Waals surface area (Å²) in [5.41, 5.74) is 2.28.